The van der Waals surface area contributed by atoms with Crippen molar-refractivity contribution in [2.24, 2.45) is 0 Å². The van der Waals surface area contributed by atoms with Gasteiger partial charge in [-0.1, -0.05) is 66.7 Å². The number of aromatic nitrogens is 1. The van der Waals surface area contributed by atoms with E-state index in [1.54, 1.807) is 12.5 Å². The molecular weight excluding hydrogens is 290 g/mol. The van der Waals surface area contributed by atoms with Crippen molar-refractivity contribution in [2.45, 2.75) is 5.03 Å². The second-order valence-electron chi connectivity index (χ2n) is 4.61. The second kappa shape index (κ2) is 7.48. The van der Waals surface area contributed by atoms with Gasteiger partial charge in [-0.05, 0) is 23.3 Å². The van der Waals surface area contributed by atoms with Crippen LogP contribution in [0.3, 0.4) is 0 Å². The fraction of sp³-hybridized carbons (Fsp3) is 0. The number of rotatable bonds is 5. The fourth-order valence-electron chi connectivity index (χ4n) is 2.06. The molecule has 108 valence electrons. The molecule has 3 heteroatoms. The highest BCUT2D eigenvalue weighted by Gasteiger charge is 2.05. The quantitative estimate of drug-likeness (QED) is 0.478. The summed E-state index contributed by atoms with van der Waals surface area (Å²) >= 11 is 1.25. The van der Waals surface area contributed by atoms with Gasteiger partial charge in [-0.3, -0.25) is 0 Å². The Kier molecular flexibility index (Phi) is 4.90. The normalized spacial score (nSPS) is 10.0. The molecule has 0 unspecified atom stereocenters. The predicted molar refractivity (Wildman–Crippen MR) is 91.1 cm³/mol. The molecule has 0 atom stereocenters. The molecule has 2 aromatic carbocycles. The third kappa shape index (κ3) is 3.77. The molecule has 0 saturated carbocycles. The van der Waals surface area contributed by atoms with Crippen LogP contribution in [0.25, 0.3) is 5.57 Å². The molecule has 3 aromatic rings. The number of pyridine rings is 1. The lowest BCUT2D eigenvalue weighted by Gasteiger charge is -2.08. The van der Waals surface area contributed by atoms with E-state index in [-0.39, 0.29) is 0 Å². The maximum Gasteiger partial charge on any atom is 0.136 e. The summed E-state index contributed by atoms with van der Waals surface area (Å²) in [5, 5.41) is 0.833. The van der Waals surface area contributed by atoms with Gasteiger partial charge in [0.2, 0.25) is 0 Å². The molecule has 0 amide bonds. The van der Waals surface area contributed by atoms with E-state index in [9.17, 15) is 0 Å². The maximum atomic E-state index is 5.68. The van der Waals surface area contributed by atoms with Crippen molar-refractivity contribution in [1.82, 2.24) is 4.98 Å². The van der Waals surface area contributed by atoms with E-state index in [0.717, 1.165) is 21.7 Å². The summed E-state index contributed by atoms with van der Waals surface area (Å²) in [6.45, 7) is 0. The molecule has 0 N–H and O–H groups in total. The Morgan fingerprint density at radius 1 is 0.773 bits per heavy atom. The van der Waals surface area contributed by atoms with Crippen molar-refractivity contribution in [3.8, 4) is 0 Å². The van der Waals surface area contributed by atoms with Crippen LogP contribution in [0.1, 0.15) is 11.1 Å². The molecule has 0 aliphatic carbocycles. The van der Waals surface area contributed by atoms with Crippen molar-refractivity contribution in [2.75, 3.05) is 0 Å². The van der Waals surface area contributed by atoms with E-state index in [0.29, 0.717) is 0 Å². The SMILES string of the molecule is C(OSc1ccccn1)=C(c1ccccc1)c1ccccc1. The number of nitrogens with zero attached hydrogens (tertiary/aromatic N) is 1. The summed E-state index contributed by atoms with van der Waals surface area (Å²) in [4.78, 5) is 4.23. The first-order chi connectivity index (χ1) is 10.9. The molecule has 0 aliphatic heterocycles. The first-order valence-electron chi connectivity index (χ1n) is 6.99. The van der Waals surface area contributed by atoms with Crippen LogP contribution in [0.5, 0.6) is 0 Å². The van der Waals surface area contributed by atoms with Gasteiger partial charge >= 0.3 is 0 Å². The van der Waals surface area contributed by atoms with Gasteiger partial charge in [0.05, 0.1) is 0 Å². The van der Waals surface area contributed by atoms with Gasteiger partial charge in [0.15, 0.2) is 0 Å². The highest BCUT2D eigenvalue weighted by molar-refractivity contribution is 7.94. The first-order valence-corrected chi connectivity index (χ1v) is 7.73. The molecule has 2 nitrogen and oxygen atoms in total. The Hall–Kier alpha value is -2.52. The van der Waals surface area contributed by atoms with Crippen LogP contribution < -0.4 is 0 Å². The van der Waals surface area contributed by atoms with Crippen molar-refractivity contribution in [1.29, 1.82) is 0 Å². The number of benzene rings is 2. The van der Waals surface area contributed by atoms with Crippen molar-refractivity contribution in [3.63, 3.8) is 0 Å². The third-order valence-electron chi connectivity index (χ3n) is 3.11. The van der Waals surface area contributed by atoms with Crippen molar-refractivity contribution in [3.05, 3.63) is 102 Å². The number of hydrogen-bond acceptors (Lipinski definition) is 3. The van der Waals surface area contributed by atoms with Gasteiger partial charge in [0.1, 0.15) is 23.3 Å². The van der Waals surface area contributed by atoms with Gasteiger partial charge in [0, 0.05) is 11.8 Å². The Bertz CT molecular complexity index is 686. The third-order valence-corrected chi connectivity index (χ3v) is 3.71. The highest BCUT2D eigenvalue weighted by atomic mass is 32.2. The van der Waals surface area contributed by atoms with Gasteiger partial charge in [-0.25, -0.2) is 4.98 Å². The van der Waals surface area contributed by atoms with E-state index in [4.69, 9.17) is 4.18 Å². The largest absolute Gasteiger partial charge is 0.426 e. The van der Waals surface area contributed by atoms with Crippen LogP contribution in [0.2, 0.25) is 0 Å². The lowest BCUT2D eigenvalue weighted by molar-refractivity contribution is 0.566. The average molecular weight is 305 g/mol. The van der Waals surface area contributed by atoms with Crippen LogP contribution in [0.4, 0.5) is 0 Å². The molecule has 1 aromatic heterocycles. The molecule has 1 heterocycles. The molecule has 0 spiro atoms. The van der Waals surface area contributed by atoms with E-state index in [2.05, 4.69) is 29.2 Å². The van der Waals surface area contributed by atoms with Crippen LogP contribution in [0.15, 0.2) is 96.3 Å². The fourth-order valence-corrected chi connectivity index (χ4v) is 2.54. The van der Waals surface area contributed by atoms with Crippen LogP contribution >= 0.6 is 12.0 Å². The van der Waals surface area contributed by atoms with Gasteiger partial charge < -0.3 is 4.18 Å². The molecule has 0 fully saturated rings. The van der Waals surface area contributed by atoms with Gasteiger partial charge in [0.25, 0.3) is 0 Å². The van der Waals surface area contributed by atoms with E-state index >= 15 is 0 Å². The summed E-state index contributed by atoms with van der Waals surface area (Å²) < 4.78 is 5.68. The molecule has 0 aliphatic rings. The van der Waals surface area contributed by atoms with Crippen molar-refractivity contribution >= 4 is 17.6 Å². The Balaban J connectivity index is 1.84. The van der Waals surface area contributed by atoms with Crippen LogP contribution in [-0.2, 0) is 4.18 Å². The summed E-state index contributed by atoms with van der Waals surface area (Å²) in [6.07, 6.45) is 3.54. The Labute approximate surface area is 134 Å². The second-order valence-corrected chi connectivity index (χ2v) is 5.39. The van der Waals surface area contributed by atoms with Crippen LogP contribution in [-0.4, -0.2) is 4.98 Å². The Morgan fingerprint density at radius 3 is 1.91 bits per heavy atom. The maximum absolute atomic E-state index is 5.68. The van der Waals surface area contributed by atoms with Gasteiger partial charge in [-0.15, -0.1) is 0 Å². The van der Waals surface area contributed by atoms with E-state index in [1.807, 2.05) is 54.6 Å². The minimum atomic E-state index is 0.833. The zero-order valence-electron chi connectivity index (χ0n) is 11.9. The standard InChI is InChI=1S/C19H15NOS/c1-3-9-16(10-4-1)18(17-11-5-2-6-12-17)15-21-22-19-13-7-8-14-20-19/h1-15H. The zero-order valence-corrected chi connectivity index (χ0v) is 12.7. The predicted octanol–water partition coefficient (Wildman–Crippen LogP) is 5.19. The minimum absolute atomic E-state index is 0.833. The summed E-state index contributed by atoms with van der Waals surface area (Å²) in [5.41, 5.74) is 3.29. The summed E-state index contributed by atoms with van der Waals surface area (Å²) in [5.74, 6) is 0. The minimum Gasteiger partial charge on any atom is -0.426 e. The Morgan fingerprint density at radius 2 is 1.36 bits per heavy atom. The topological polar surface area (TPSA) is 22.1 Å². The van der Waals surface area contributed by atoms with Gasteiger partial charge in [-0.2, -0.15) is 0 Å². The smallest absolute Gasteiger partial charge is 0.136 e. The molecule has 22 heavy (non-hydrogen) atoms. The van der Waals surface area contributed by atoms with E-state index in [1.165, 1.54) is 12.0 Å². The van der Waals surface area contributed by atoms with Crippen LogP contribution in [0, 0.1) is 0 Å². The summed E-state index contributed by atoms with van der Waals surface area (Å²) in [6, 6.07) is 26.2. The van der Waals surface area contributed by atoms with Crippen molar-refractivity contribution < 1.29 is 4.18 Å². The lowest BCUT2D eigenvalue weighted by Crippen LogP contribution is -1.88. The zero-order chi connectivity index (χ0) is 15.0. The van der Waals surface area contributed by atoms with E-state index < -0.39 is 0 Å². The molecular formula is C19H15NOS. The monoisotopic (exact) mass is 305 g/mol. The summed E-state index contributed by atoms with van der Waals surface area (Å²) in [7, 11) is 0. The molecule has 0 bridgehead atoms. The lowest BCUT2D eigenvalue weighted by atomic mass is 9.99. The highest BCUT2D eigenvalue weighted by Crippen LogP contribution is 2.25. The average Bonchev–Trinajstić information content (AvgIpc) is 2.61. The molecule has 3 rings (SSSR count). The first kappa shape index (κ1) is 14.4. The number of hydrogen-bond donors (Lipinski definition) is 0. The molecule has 0 saturated heterocycles. The molecule has 0 radical (unpaired) electrons.